The van der Waals surface area contributed by atoms with Crippen molar-refractivity contribution >= 4 is 0 Å². The number of hydrogen-bond acceptors (Lipinski definition) is 1. The molecule has 0 spiro atoms. The molecule has 0 saturated carbocycles. The van der Waals surface area contributed by atoms with Crippen LogP contribution in [0.3, 0.4) is 0 Å². The molecule has 0 aliphatic carbocycles. The van der Waals surface area contributed by atoms with Crippen molar-refractivity contribution in [2.75, 3.05) is 6.54 Å². The van der Waals surface area contributed by atoms with Gasteiger partial charge < -0.3 is 5.32 Å². The summed E-state index contributed by atoms with van der Waals surface area (Å²) < 4.78 is 0. The SMILES string of the molecule is C=C(C)CCC(CCCc1ccccc1)NCC. The molecule has 1 heteroatoms. The second-order valence-corrected chi connectivity index (χ2v) is 5.13. The van der Waals surface area contributed by atoms with Gasteiger partial charge in [0, 0.05) is 6.04 Å². The lowest BCUT2D eigenvalue weighted by Crippen LogP contribution is -2.28. The molecule has 0 heterocycles. The molecule has 0 bridgehead atoms. The van der Waals surface area contributed by atoms with Crippen LogP contribution in [0.1, 0.15) is 45.1 Å². The van der Waals surface area contributed by atoms with E-state index in [1.165, 1.54) is 36.8 Å². The van der Waals surface area contributed by atoms with Crippen molar-refractivity contribution < 1.29 is 0 Å². The number of rotatable bonds is 9. The van der Waals surface area contributed by atoms with Crippen LogP contribution in [0.15, 0.2) is 42.5 Å². The number of aryl methyl sites for hydroxylation is 1. The maximum absolute atomic E-state index is 3.99. The van der Waals surface area contributed by atoms with Gasteiger partial charge in [-0.15, -0.1) is 6.58 Å². The molecule has 1 rings (SSSR count). The molecule has 1 atom stereocenters. The molecule has 0 saturated heterocycles. The highest BCUT2D eigenvalue weighted by molar-refractivity contribution is 5.14. The number of hydrogen-bond donors (Lipinski definition) is 1. The summed E-state index contributed by atoms with van der Waals surface area (Å²) in [6, 6.07) is 11.4. The van der Waals surface area contributed by atoms with Crippen LogP contribution in [-0.2, 0) is 6.42 Å². The molecule has 0 fully saturated rings. The van der Waals surface area contributed by atoms with E-state index in [1.54, 1.807) is 0 Å². The standard InChI is InChI=1S/C17H27N/c1-4-18-17(14-13-15(2)3)12-8-11-16-9-6-5-7-10-16/h5-7,9-10,17-18H,2,4,8,11-14H2,1,3H3. The average molecular weight is 245 g/mol. The molecule has 1 aromatic carbocycles. The van der Waals surface area contributed by atoms with E-state index >= 15 is 0 Å². The van der Waals surface area contributed by atoms with E-state index in [1.807, 2.05) is 0 Å². The van der Waals surface area contributed by atoms with Crippen molar-refractivity contribution in [3.05, 3.63) is 48.0 Å². The maximum atomic E-state index is 3.99. The summed E-state index contributed by atoms with van der Waals surface area (Å²) >= 11 is 0. The van der Waals surface area contributed by atoms with Gasteiger partial charge in [0.2, 0.25) is 0 Å². The van der Waals surface area contributed by atoms with Gasteiger partial charge in [0.1, 0.15) is 0 Å². The van der Waals surface area contributed by atoms with Gasteiger partial charge in [-0.25, -0.2) is 0 Å². The van der Waals surface area contributed by atoms with E-state index < -0.39 is 0 Å². The highest BCUT2D eigenvalue weighted by Crippen LogP contribution is 2.12. The smallest absolute Gasteiger partial charge is 0.00701 e. The van der Waals surface area contributed by atoms with Gasteiger partial charge in [-0.1, -0.05) is 42.8 Å². The van der Waals surface area contributed by atoms with Crippen LogP contribution in [0.2, 0.25) is 0 Å². The number of allylic oxidation sites excluding steroid dienone is 1. The lowest BCUT2D eigenvalue weighted by Gasteiger charge is -2.17. The minimum Gasteiger partial charge on any atom is -0.314 e. The van der Waals surface area contributed by atoms with Crippen LogP contribution < -0.4 is 5.32 Å². The minimum absolute atomic E-state index is 0.649. The monoisotopic (exact) mass is 245 g/mol. The second kappa shape index (κ2) is 8.93. The average Bonchev–Trinajstić information content (AvgIpc) is 2.37. The third-order valence-electron chi connectivity index (χ3n) is 3.27. The molecular formula is C17H27N. The summed E-state index contributed by atoms with van der Waals surface area (Å²) in [4.78, 5) is 0. The van der Waals surface area contributed by atoms with E-state index in [0.717, 1.165) is 13.0 Å². The van der Waals surface area contributed by atoms with Crippen LogP contribution in [-0.4, -0.2) is 12.6 Å². The highest BCUT2D eigenvalue weighted by atomic mass is 14.9. The van der Waals surface area contributed by atoms with E-state index in [2.05, 4.69) is 56.1 Å². The van der Waals surface area contributed by atoms with E-state index in [4.69, 9.17) is 0 Å². The van der Waals surface area contributed by atoms with Crippen LogP contribution in [0.4, 0.5) is 0 Å². The lowest BCUT2D eigenvalue weighted by atomic mass is 10.00. The summed E-state index contributed by atoms with van der Waals surface area (Å²) in [5, 5.41) is 3.58. The van der Waals surface area contributed by atoms with Crippen LogP contribution in [0.5, 0.6) is 0 Å². The molecular weight excluding hydrogens is 218 g/mol. The second-order valence-electron chi connectivity index (χ2n) is 5.13. The van der Waals surface area contributed by atoms with Crippen molar-refractivity contribution in [3.8, 4) is 0 Å². The topological polar surface area (TPSA) is 12.0 Å². The molecule has 1 N–H and O–H groups in total. The lowest BCUT2D eigenvalue weighted by molar-refractivity contribution is 0.451. The Morgan fingerprint density at radius 1 is 1.22 bits per heavy atom. The molecule has 1 nitrogen and oxygen atoms in total. The Bertz CT molecular complexity index is 329. The Kier molecular flexibility index (Phi) is 7.43. The molecule has 1 unspecified atom stereocenters. The number of benzene rings is 1. The summed E-state index contributed by atoms with van der Waals surface area (Å²) in [5.41, 5.74) is 2.74. The molecule has 1 aromatic rings. The first-order valence-electron chi connectivity index (χ1n) is 7.14. The first-order chi connectivity index (χ1) is 8.72. The molecule has 0 aliphatic heterocycles. The van der Waals surface area contributed by atoms with E-state index in [9.17, 15) is 0 Å². The highest BCUT2D eigenvalue weighted by Gasteiger charge is 2.06. The van der Waals surface area contributed by atoms with Gasteiger partial charge in [-0.05, 0) is 51.1 Å². The zero-order valence-corrected chi connectivity index (χ0v) is 11.9. The fourth-order valence-corrected chi connectivity index (χ4v) is 2.26. The van der Waals surface area contributed by atoms with E-state index in [-0.39, 0.29) is 0 Å². The molecule has 0 amide bonds. The third kappa shape index (κ3) is 6.61. The van der Waals surface area contributed by atoms with Gasteiger partial charge in [-0.3, -0.25) is 0 Å². The maximum Gasteiger partial charge on any atom is 0.00701 e. The molecule has 0 aliphatic rings. The minimum atomic E-state index is 0.649. The predicted molar refractivity (Wildman–Crippen MR) is 80.9 cm³/mol. The van der Waals surface area contributed by atoms with Gasteiger partial charge in [-0.2, -0.15) is 0 Å². The van der Waals surface area contributed by atoms with Crippen LogP contribution >= 0.6 is 0 Å². The van der Waals surface area contributed by atoms with Crippen LogP contribution in [0, 0.1) is 0 Å². The van der Waals surface area contributed by atoms with Gasteiger partial charge in [0.15, 0.2) is 0 Å². The van der Waals surface area contributed by atoms with Crippen molar-refractivity contribution in [2.45, 2.75) is 52.0 Å². The van der Waals surface area contributed by atoms with Crippen molar-refractivity contribution in [2.24, 2.45) is 0 Å². The third-order valence-corrected chi connectivity index (χ3v) is 3.27. The summed E-state index contributed by atoms with van der Waals surface area (Å²) in [6.07, 6.45) is 6.07. The Morgan fingerprint density at radius 3 is 2.56 bits per heavy atom. The largest absolute Gasteiger partial charge is 0.314 e. The fraction of sp³-hybridized carbons (Fsp3) is 0.529. The normalized spacial score (nSPS) is 12.3. The Labute approximate surface area is 112 Å². The van der Waals surface area contributed by atoms with E-state index in [0.29, 0.717) is 6.04 Å². The van der Waals surface area contributed by atoms with Gasteiger partial charge in [0.05, 0.1) is 0 Å². The first kappa shape index (κ1) is 15.0. The number of nitrogens with one attached hydrogen (secondary N) is 1. The summed E-state index contributed by atoms with van der Waals surface area (Å²) in [6.45, 7) is 9.35. The van der Waals surface area contributed by atoms with Crippen molar-refractivity contribution in [1.29, 1.82) is 0 Å². The zero-order valence-electron chi connectivity index (χ0n) is 11.9. The van der Waals surface area contributed by atoms with Crippen molar-refractivity contribution in [3.63, 3.8) is 0 Å². The molecule has 0 radical (unpaired) electrons. The zero-order chi connectivity index (χ0) is 13.2. The Hall–Kier alpha value is -1.08. The quantitative estimate of drug-likeness (QED) is 0.638. The Morgan fingerprint density at radius 2 is 1.94 bits per heavy atom. The van der Waals surface area contributed by atoms with Crippen molar-refractivity contribution in [1.82, 2.24) is 5.32 Å². The summed E-state index contributed by atoms with van der Waals surface area (Å²) in [5.74, 6) is 0. The molecule has 0 aromatic heterocycles. The summed E-state index contributed by atoms with van der Waals surface area (Å²) in [7, 11) is 0. The van der Waals surface area contributed by atoms with Crippen LogP contribution in [0.25, 0.3) is 0 Å². The first-order valence-corrected chi connectivity index (χ1v) is 7.14. The molecule has 18 heavy (non-hydrogen) atoms. The van der Waals surface area contributed by atoms with Gasteiger partial charge >= 0.3 is 0 Å². The molecule has 100 valence electrons. The fourth-order valence-electron chi connectivity index (χ4n) is 2.26. The predicted octanol–water partition coefficient (Wildman–Crippen LogP) is 4.34. The van der Waals surface area contributed by atoms with Gasteiger partial charge in [0.25, 0.3) is 0 Å². The Balaban J connectivity index is 2.26.